The van der Waals surface area contributed by atoms with Gasteiger partial charge >= 0.3 is 17.9 Å². The normalized spacial score (nSPS) is 38.2. The van der Waals surface area contributed by atoms with Crippen molar-refractivity contribution >= 4 is 45.4 Å². The Balaban J connectivity index is 1.72. The van der Waals surface area contributed by atoms with E-state index in [2.05, 4.69) is 15.9 Å². The summed E-state index contributed by atoms with van der Waals surface area (Å²) < 4.78 is 16.7. The molecule has 0 bridgehead atoms. The first kappa shape index (κ1) is 33.3. The summed E-state index contributed by atoms with van der Waals surface area (Å²) >= 11 is 4.01. The van der Waals surface area contributed by atoms with Crippen molar-refractivity contribution in [2.45, 2.75) is 88.9 Å². The predicted octanol–water partition coefficient (Wildman–Crippen LogP) is 5.08. The Labute approximate surface area is 271 Å². The summed E-state index contributed by atoms with van der Waals surface area (Å²) in [5.41, 5.74) is -3.04. The van der Waals surface area contributed by atoms with Gasteiger partial charge in [-0.3, -0.25) is 19.2 Å². The van der Waals surface area contributed by atoms with Gasteiger partial charge in [-0.25, -0.2) is 4.79 Å². The van der Waals surface area contributed by atoms with Gasteiger partial charge in [-0.15, -0.1) is 0 Å². The van der Waals surface area contributed by atoms with Crippen molar-refractivity contribution in [1.29, 1.82) is 0 Å². The van der Waals surface area contributed by atoms with Gasteiger partial charge in [-0.2, -0.15) is 0 Å². The molecule has 0 aromatic heterocycles. The van der Waals surface area contributed by atoms with Gasteiger partial charge in [0.25, 0.3) is 0 Å². The Hall–Kier alpha value is -3.11. The number of ether oxygens (including phenoxy) is 3. The van der Waals surface area contributed by atoms with Gasteiger partial charge in [0, 0.05) is 24.2 Å². The predicted molar refractivity (Wildman–Crippen MR) is 167 cm³/mol. The molecule has 10 heteroatoms. The van der Waals surface area contributed by atoms with Gasteiger partial charge in [-0.1, -0.05) is 80.4 Å². The lowest BCUT2D eigenvalue weighted by atomic mass is 9.45. The van der Waals surface area contributed by atoms with Crippen LogP contribution in [0.2, 0.25) is 0 Å². The van der Waals surface area contributed by atoms with Crippen LogP contribution in [0.25, 0.3) is 0 Å². The number of esters is 3. The lowest BCUT2D eigenvalue weighted by molar-refractivity contribution is -0.234. The minimum Gasteiger partial charge on any atom is -0.457 e. The van der Waals surface area contributed by atoms with Crippen LogP contribution in [-0.2, 0) is 33.4 Å². The van der Waals surface area contributed by atoms with Crippen molar-refractivity contribution in [1.82, 2.24) is 0 Å². The summed E-state index contributed by atoms with van der Waals surface area (Å²) in [5.74, 6) is -3.95. The van der Waals surface area contributed by atoms with Gasteiger partial charge in [0.1, 0.15) is 12.2 Å². The Bertz CT molecular complexity index is 1470. The van der Waals surface area contributed by atoms with E-state index in [1.54, 1.807) is 57.2 Å². The number of aliphatic hydroxyl groups is 1. The summed E-state index contributed by atoms with van der Waals surface area (Å²) in [7, 11) is 0. The molecule has 0 amide bonds. The van der Waals surface area contributed by atoms with E-state index in [0.29, 0.717) is 19.3 Å². The zero-order valence-electron chi connectivity index (χ0n) is 26.3. The molecular formula is C35H41BrO9. The summed E-state index contributed by atoms with van der Waals surface area (Å²) in [6, 6.07) is 8.35. The van der Waals surface area contributed by atoms with Crippen LogP contribution < -0.4 is 0 Å². The third-order valence-electron chi connectivity index (χ3n) is 11.2. The zero-order chi connectivity index (χ0) is 32.9. The molecule has 1 aromatic rings. The molecule has 0 radical (unpaired) electrons. The number of benzene rings is 1. The van der Waals surface area contributed by atoms with Crippen molar-refractivity contribution in [3.8, 4) is 0 Å². The largest absolute Gasteiger partial charge is 0.457 e. The van der Waals surface area contributed by atoms with Crippen LogP contribution in [0.3, 0.4) is 0 Å². The highest BCUT2D eigenvalue weighted by atomic mass is 79.9. The molecule has 1 N–H and O–H groups in total. The second-order valence-corrected chi connectivity index (χ2v) is 14.5. The third kappa shape index (κ3) is 4.77. The maximum atomic E-state index is 14.4. The minimum absolute atomic E-state index is 0.0227. The number of carbonyl (C=O) groups is 5. The number of hydrogen-bond donors (Lipinski definition) is 1. The van der Waals surface area contributed by atoms with E-state index in [9.17, 15) is 29.1 Å². The van der Waals surface area contributed by atoms with Crippen LogP contribution in [0.4, 0.5) is 0 Å². The van der Waals surface area contributed by atoms with E-state index in [0.717, 1.165) is 5.57 Å². The molecule has 4 aliphatic carbocycles. The zero-order valence-corrected chi connectivity index (χ0v) is 27.9. The summed E-state index contributed by atoms with van der Waals surface area (Å²) in [6.07, 6.45) is 3.73. The molecule has 0 heterocycles. The van der Waals surface area contributed by atoms with E-state index < -0.39 is 75.1 Å². The average molecular weight is 686 g/mol. The highest BCUT2D eigenvalue weighted by Crippen LogP contribution is 2.73. The fourth-order valence-electron chi connectivity index (χ4n) is 8.90. The first-order valence-electron chi connectivity index (χ1n) is 15.7. The smallest absolute Gasteiger partial charge is 0.338 e. The number of Topliss-reactive ketones (excluding diaryl/α,β-unsaturated/α-hetero) is 1. The summed E-state index contributed by atoms with van der Waals surface area (Å²) in [5, 5.41) is 12.6. The van der Waals surface area contributed by atoms with Crippen molar-refractivity contribution in [3.63, 3.8) is 0 Å². The highest BCUT2D eigenvalue weighted by Gasteiger charge is 2.80. The number of rotatable bonds is 8. The lowest BCUT2D eigenvalue weighted by Crippen LogP contribution is -2.76. The lowest BCUT2D eigenvalue weighted by Gasteiger charge is -2.66. The van der Waals surface area contributed by atoms with Crippen molar-refractivity contribution in [2.75, 3.05) is 6.61 Å². The maximum absolute atomic E-state index is 14.4. The molecule has 45 heavy (non-hydrogen) atoms. The molecular weight excluding hydrogens is 644 g/mol. The molecule has 0 saturated heterocycles. The van der Waals surface area contributed by atoms with Gasteiger partial charge in [0.15, 0.2) is 18.0 Å². The molecule has 9 atom stereocenters. The number of hydrogen-bond acceptors (Lipinski definition) is 9. The molecule has 0 spiro atoms. The number of ketones is 2. The topological polar surface area (TPSA) is 133 Å². The first-order valence-corrected chi connectivity index (χ1v) is 16.5. The molecule has 5 rings (SSSR count). The first-order chi connectivity index (χ1) is 21.2. The Kier molecular flexibility index (Phi) is 8.81. The average Bonchev–Trinajstić information content (AvgIpc) is 3.25. The van der Waals surface area contributed by atoms with Gasteiger partial charge in [0.05, 0.1) is 15.3 Å². The number of carbonyl (C=O) groups excluding carboxylic acids is 5. The Morgan fingerprint density at radius 2 is 1.69 bits per heavy atom. The van der Waals surface area contributed by atoms with Crippen LogP contribution >= 0.6 is 15.9 Å². The van der Waals surface area contributed by atoms with Crippen LogP contribution in [0.5, 0.6) is 0 Å². The van der Waals surface area contributed by atoms with E-state index in [1.165, 1.54) is 6.08 Å². The van der Waals surface area contributed by atoms with Crippen LogP contribution in [0.15, 0.2) is 54.1 Å². The van der Waals surface area contributed by atoms with Crippen molar-refractivity contribution in [3.05, 3.63) is 59.7 Å². The quantitative estimate of drug-likeness (QED) is 0.226. The molecule has 1 unspecified atom stereocenters. The molecule has 4 aliphatic rings. The number of halogens is 1. The fraction of sp³-hybridized carbons (Fsp3) is 0.571. The molecule has 1 aromatic carbocycles. The molecule has 3 saturated carbocycles. The second kappa shape index (κ2) is 11.9. The summed E-state index contributed by atoms with van der Waals surface area (Å²) in [4.78, 5) is 66.0. The third-order valence-corrected chi connectivity index (χ3v) is 13.0. The second-order valence-electron chi connectivity index (χ2n) is 13.2. The van der Waals surface area contributed by atoms with Crippen LogP contribution in [0.1, 0.15) is 77.1 Å². The summed E-state index contributed by atoms with van der Waals surface area (Å²) in [6.45, 7) is 8.14. The molecule has 242 valence electrons. The SMILES string of the molecule is CCC(=O)OCC(=O)[C@@]1(OC(=O)CC)[C@@H](C)C[C@H]2C3CCC4=CC(=O)C=C[C@]4(C)[C@@]3(Br)[C@@H](O)[C@@H](OC(=O)c3ccccc3)[C@@]21C. The van der Waals surface area contributed by atoms with Gasteiger partial charge < -0.3 is 19.3 Å². The van der Waals surface area contributed by atoms with Gasteiger partial charge in [0.2, 0.25) is 5.78 Å². The number of aliphatic hydroxyl groups excluding tert-OH is 1. The monoisotopic (exact) mass is 684 g/mol. The number of allylic oxidation sites excluding steroid dienone is 4. The fourth-order valence-corrected chi connectivity index (χ4v) is 10.1. The number of fused-ring (bicyclic) bond motifs is 5. The van der Waals surface area contributed by atoms with E-state index in [-0.39, 0.29) is 30.1 Å². The number of alkyl halides is 1. The molecule has 9 nitrogen and oxygen atoms in total. The van der Waals surface area contributed by atoms with E-state index in [4.69, 9.17) is 14.2 Å². The molecule has 3 fully saturated rings. The van der Waals surface area contributed by atoms with Crippen LogP contribution in [0, 0.1) is 28.6 Å². The van der Waals surface area contributed by atoms with Gasteiger partial charge in [-0.05, 0) is 55.4 Å². The van der Waals surface area contributed by atoms with E-state index >= 15 is 0 Å². The highest BCUT2D eigenvalue weighted by molar-refractivity contribution is 9.10. The standard InChI is InChI=1S/C35H41BrO9/c1-6-27(39)43-19-26(38)35(45-28(40)7-2)20(3)17-25-24-14-13-22-18-23(37)15-16-32(22,4)34(24,36)29(41)30(33(25,35)5)44-31(42)21-11-9-8-10-12-21/h8-12,15-16,18,20,24-25,29-30,41H,6-7,13-14,17,19H2,1-5H3/t20-,24?,25-,29-,30+,32-,33+,34-,35-/m0/s1. The maximum Gasteiger partial charge on any atom is 0.338 e. The van der Waals surface area contributed by atoms with E-state index in [1.807, 2.05) is 19.9 Å². The molecule has 0 aliphatic heterocycles. The minimum atomic E-state index is -1.88. The van der Waals surface area contributed by atoms with Crippen LogP contribution in [-0.4, -0.2) is 63.3 Å². The van der Waals surface area contributed by atoms with Crippen molar-refractivity contribution < 1.29 is 43.3 Å². The van der Waals surface area contributed by atoms with Crippen molar-refractivity contribution in [2.24, 2.45) is 28.6 Å². The Morgan fingerprint density at radius 1 is 1.02 bits per heavy atom. The Morgan fingerprint density at radius 3 is 2.33 bits per heavy atom.